The Morgan fingerprint density at radius 2 is 2.33 bits per heavy atom. The molecular weight excluding hydrogens is 260 g/mol. The minimum absolute atomic E-state index is 0.175. The van der Waals surface area contributed by atoms with Crippen LogP contribution < -0.4 is 5.73 Å². The summed E-state index contributed by atoms with van der Waals surface area (Å²) in [6.07, 6.45) is 10.8. The summed E-state index contributed by atoms with van der Waals surface area (Å²) in [4.78, 5) is 11.8. The van der Waals surface area contributed by atoms with Crippen LogP contribution in [0, 0.1) is 0 Å². The number of allylic oxidation sites excluding steroid dienone is 4. The van der Waals surface area contributed by atoms with Crippen molar-refractivity contribution in [2.45, 2.75) is 32.2 Å². The van der Waals surface area contributed by atoms with Crippen LogP contribution in [0.2, 0.25) is 0 Å². The average molecular weight is 280 g/mol. The van der Waals surface area contributed by atoms with Crippen molar-refractivity contribution in [1.29, 1.82) is 0 Å². The molecule has 2 heterocycles. The standard InChI is InChI=1S/C17H20N4/c1-3-12(9-13-5-4-6-15(18)11(13)2)16-14-7-8-19-17(14)21-10-20-16/h3,7-10,15H,1,4-6,18H2,2H3,(H,19,20,21)/b12-9+. The normalized spacial score (nSPS) is 20.1. The van der Waals surface area contributed by atoms with Crippen LogP contribution in [-0.4, -0.2) is 21.0 Å². The van der Waals surface area contributed by atoms with Gasteiger partial charge in [0.2, 0.25) is 0 Å². The van der Waals surface area contributed by atoms with Crippen molar-refractivity contribution in [3.8, 4) is 0 Å². The van der Waals surface area contributed by atoms with Gasteiger partial charge >= 0.3 is 0 Å². The highest BCUT2D eigenvalue weighted by Crippen LogP contribution is 2.29. The van der Waals surface area contributed by atoms with Gasteiger partial charge in [-0.15, -0.1) is 0 Å². The van der Waals surface area contributed by atoms with E-state index in [1.165, 1.54) is 11.1 Å². The first-order valence-electron chi connectivity index (χ1n) is 7.28. The molecule has 1 unspecified atom stereocenters. The van der Waals surface area contributed by atoms with Gasteiger partial charge in [0.15, 0.2) is 0 Å². The Kier molecular flexibility index (Phi) is 3.71. The van der Waals surface area contributed by atoms with E-state index in [2.05, 4.69) is 34.5 Å². The van der Waals surface area contributed by atoms with Crippen LogP contribution in [0.4, 0.5) is 0 Å². The van der Waals surface area contributed by atoms with E-state index < -0.39 is 0 Å². The second-order valence-electron chi connectivity index (χ2n) is 5.47. The second kappa shape index (κ2) is 5.66. The van der Waals surface area contributed by atoms with Gasteiger partial charge in [0.1, 0.15) is 12.0 Å². The minimum atomic E-state index is 0.175. The Hall–Kier alpha value is -2.20. The first kappa shape index (κ1) is 13.8. The van der Waals surface area contributed by atoms with E-state index in [9.17, 15) is 0 Å². The van der Waals surface area contributed by atoms with Gasteiger partial charge < -0.3 is 10.7 Å². The molecular formula is C17H20N4. The fourth-order valence-corrected chi connectivity index (χ4v) is 2.86. The molecule has 2 aromatic rings. The zero-order chi connectivity index (χ0) is 14.8. The van der Waals surface area contributed by atoms with Gasteiger partial charge in [-0.25, -0.2) is 9.97 Å². The summed E-state index contributed by atoms with van der Waals surface area (Å²) >= 11 is 0. The third-order valence-electron chi connectivity index (χ3n) is 4.20. The maximum atomic E-state index is 6.15. The monoisotopic (exact) mass is 280 g/mol. The van der Waals surface area contributed by atoms with Crippen molar-refractivity contribution in [3.05, 3.63) is 54.2 Å². The summed E-state index contributed by atoms with van der Waals surface area (Å²) in [5, 5.41) is 1.02. The molecule has 21 heavy (non-hydrogen) atoms. The Balaban J connectivity index is 2.10. The van der Waals surface area contributed by atoms with Crippen molar-refractivity contribution in [3.63, 3.8) is 0 Å². The number of nitrogens with two attached hydrogens (primary N) is 1. The molecule has 1 atom stereocenters. The molecule has 0 aliphatic heterocycles. The molecule has 0 spiro atoms. The first-order valence-corrected chi connectivity index (χ1v) is 7.28. The fourth-order valence-electron chi connectivity index (χ4n) is 2.86. The SMILES string of the molecule is C=C/C(=C\C1=C(C)C(N)CCC1)c1ncnc2[nH]ccc12. The lowest BCUT2D eigenvalue weighted by atomic mass is 9.87. The zero-order valence-electron chi connectivity index (χ0n) is 12.3. The lowest BCUT2D eigenvalue weighted by Crippen LogP contribution is -2.25. The van der Waals surface area contributed by atoms with Gasteiger partial charge in [0, 0.05) is 23.2 Å². The maximum absolute atomic E-state index is 6.15. The summed E-state index contributed by atoms with van der Waals surface area (Å²) in [6.45, 7) is 6.07. The largest absolute Gasteiger partial charge is 0.346 e. The summed E-state index contributed by atoms with van der Waals surface area (Å²) in [6, 6.07) is 2.17. The van der Waals surface area contributed by atoms with E-state index >= 15 is 0 Å². The number of hydrogen-bond donors (Lipinski definition) is 2. The highest BCUT2D eigenvalue weighted by molar-refractivity contribution is 5.91. The molecule has 1 aliphatic carbocycles. The van der Waals surface area contributed by atoms with E-state index in [1.54, 1.807) is 6.33 Å². The maximum Gasteiger partial charge on any atom is 0.141 e. The van der Waals surface area contributed by atoms with Crippen LogP contribution in [0.1, 0.15) is 31.9 Å². The third kappa shape index (κ3) is 2.54. The summed E-state index contributed by atoms with van der Waals surface area (Å²) in [5.74, 6) is 0. The van der Waals surface area contributed by atoms with Crippen molar-refractivity contribution in [2.24, 2.45) is 5.73 Å². The van der Waals surface area contributed by atoms with Gasteiger partial charge in [0.25, 0.3) is 0 Å². The molecule has 3 rings (SSSR count). The molecule has 3 N–H and O–H groups in total. The molecule has 108 valence electrons. The quantitative estimate of drug-likeness (QED) is 0.847. The van der Waals surface area contributed by atoms with E-state index in [1.807, 2.05) is 18.3 Å². The number of hydrogen-bond acceptors (Lipinski definition) is 3. The number of H-pyrrole nitrogens is 1. The molecule has 0 saturated carbocycles. The predicted octanol–water partition coefficient (Wildman–Crippen LogP) is 3.36. The van der Waals surface area contributed by atoms with E-state index in [0.717, 1.165) is 41.6 Å². The highest BCUT2D eigenvalue weighted by atomic mass is 14.9. The van der Waals surface area contributed by atoms with Crippen LogP contribution in [-0.2, 0) is 0 Å². The van der Waals surface area contributed by atoms with Crippen molar-refractivity contribution < 1.29 is 0 Å². The number of aromatic nitrogens is 3. The van der Waals surface area contributed by atoms with Crippen LogP contribution in [0.3, 0.4) is 0 Å². The average Bonchev–Trinajstić information content (AvgIpc) is 2.97. The number of aromatic amines is 1. The number of nitrogens with one attached hydrogen (secondary N) is 1. The summed E-state index contributed by atoms with van der Waals surface area (Å²) in [5.41, 5.74) is 11.5. The first-order chi connectivity index (χ1) is 10.2. The van der Waals surface area contributed by atoms with Gasteiger partial charge in [-0.2, -0.15) is 0 Å². The number of fused-ring (bicyclic) bond motifs is 1. The molecule has 2 aromatic heterocycles. The molecule has 0 amide bonds. The van der Waals surface area contributed by atoms with Gasteiger partial charge in [-0.1, -0.05) is 18.2 Å². The number of nitrogens with zero attached hydrogens (tertiary/aromatic N) is 2. The van der Waals surface area contributed by atoms with Crippen LogP contribution in [0.5, 0.6) is 0 Å². The fraction of sp³-hybridized carbons (Fsp3) is 0.294. The summed E-state index contributed by atoms with van der Waals surface area (Å²) < 4.78 is 0. The van der Waals surface area contributed by atoms with Gasteiger partial charge in [0.05, 0.1) is 5.69 Å². The summed E-state index contributed by atoms with van der Waals surface area (Å²) in [7, 11) is 0. The predicted molar refractivity (Wildman–Crippen MR) is 86.6 cm³/mol. The van der Waals surface area contributed by atoms with Crippen molar-refractivity contribution in [1.82, 2.24) is 15.0 Å². The van der Waals surface area contributed by atoms with Gasteiger partial charge in [-0.3, -0.25) is 0 Å². The van der Waals surface area contributed by atoms with E-state index in [4.69, 9.17) is 5.73 Å². The molecule has 4 heteroatoms. The molecule has 0 saturated heterocycles. The minimum Gasteiger partial charge on any atom is -0.346 e. The van der Waals surface area contributed by atoms with Crippen molar-refractivity contribution >= 4 is 16.6 Å². The highest BCUT2D eigenvalue weighted by Gasteiger charge is 2.16. The molecule has 4 nitrogen and oxygen atoms in total. The molecule has 1 aliphatic rings. The second-order valence-corrected chi connectivity index (χ2v) is 5.47. The smallest absolute Gasteiger partial charge is 0.141 e. The Labute approximate surface area is 124 Å². The number of rotatable bonds is 3. The molecule has 0 fully saturated rings. The van der Waals surface area contributed by atoms with Crippen LogP contribution >= 0.6 is 0 Å². The Morgan fingerprint density at radius 1 is 1.48 bits per heavy atom. The lowest BCUT2D eigenvalue weighted by Gasteiger charge is -2.22. The van der Waals surface area contributed by atoms with E-state index in [-0.39, 0.29) is 6.04 Å². The lowest BCUT2D eigenvalue weighted by molar-refractivity contribution is 0.602. The van der Waals surface area contributed by atoms with E-state index in [0.29, 0.717) is 0 Å². The van der Waals surface area contributed by atoms with Crippen molar-refractivity contribution in [2.75, 3.05) is 0 Å². The van der Waals surface area contributed by atoms with Crippen LogP contribution in [0.15, 0.2) is 48.5 Å². The molecule has 0 radical (unpaired) electrons. The van der Waals surface area contributed by atoms with Crippen LogP contribution in [0.25, 0.3) is 16.6 Å². The third-order valence-corrected chi connectivity index (χ3v) is 4.20. The topological polar surface area (TPSA) is 67.6 Å². The molecule has 0 bridgehead atoms. The Bertz CT molecular complexity index is 736. The Morgan fingerprint density at radius 3 is 3.14 bits per heavy atom. The zero-order valence-corrected chi connectivity index (χ0v) is 12.3. The molecule has 0 aromatic carbocycles. The van der Waals surface area contributed by atoms with Gasteiger partial charge in [-0.05, 0) is 43.9 Å².